The van der Waals surface area contributed by atoms with E-state index in [0.717, 1.165) is 4.90 Å². The molecule has 0 aliphatic heterocycles. The highest BCUT2D eigenvalue weighted by Gasteiger charge is 2.16. The largest absolute Gasteiger partial charge is 0.497 e. The molecule has 0 aliphatic rings. The number of hydrogen-bond acceptors (Lipinski definition) is 3. The van der Waals surface area contributed by atoms with Crippen molar-refractivity contribution >= 4 is 11.8 Å². The van der Waals surface area contributed by atoms with Crippen LogP contribution in [0, 0.1) is 0 Å². The highest BCUT2D eigenvalue weighted by molar-refractivity contribution is 6.04. The predicted molar refractivity (Wildman–Crippen MR) is 60.4 cm³/mol. The Bertz CT molecular complexity index is 384. The summed E-state index contributed by atoms with van der Waals surface area (Å²) in [6.07, 6.45) is 0.318. The van der Waals surface area contributed by atoms with E-state index < -0.39 is 0 Å². The summed E-state index contributed by atoms with van der Waals surface area (Å²) in [6.45, 7) is 1.72. The van der Waals surface area contributed by atoms with Crippen molar-refractivity contribution in [2.75, 3.05) is 14.2 Å². The Morgan fingerprint density at radius 3 is 2.25 bits per heavy atom. The van der Waals surface area contributed by atoms with Crippen molar-refractivity contribution in [3.05, 3.63) is 29.8 Å². The monoisotopic (exact) mass is 221 g/mol. The molecule has 16 heavy (non-hydrogen) atoms. The highest BCUT2D eigenvalue weighted by Crippen LogP contribution is 2.12. The van der Waals surface area contributed by atoms with Crippen molar-refractivity contribution < 1.29 is 14.3 Å². The average molecular weight is 221 g/mol. The number of carbonyl (C=O) groups is 2. The number of ether oxygens (including phenoxy) is 1. The predicted octanol–water partition coefficient (Wildman–Crippen LogP) is 1.70. The number of imide groups is 1. The molecular formula is C12H15NO3. The third kappa shape index (κ3) is 2.59. The van der Waals surface area contributed by atoms with Crippen LogP contribution >= 0.6 is 0 Å². The minimum atomic E-state index is -0.297. The lowest BCUT2D eigenvalue weighted by Crippen LogP contribution is -2.32. The summed E-state index contributed by atoms with van der Waals surface area (Å²) < 4.78 is 4.99. The van der Waals surface area contributed by atoms with Gasteiger partial charge in [-0.3, -0.25) is 14.5 Å². The molecule has 0 fully saturated rings. The number of amides is 2. The van der Waals surface area contributed by atoms with Crippen LogP contribution in [0.2, 0.25) is 0 Å². The van der Waals surface area contributed by atoms with E-state index in [-0.39, 0.29) is 11.8 Å². The molecule has 4 heteroatoms. The van der Waals surface area contributed by atoms with Gasteiger partial charge in [0.2, 0.25) is 5.91 Å². The summed E-state index contributed by atoms with van der Waals surface area (Å²) in [4.78, 5) is 24.3. The quantitative estimate of drug-likeness (QED) is 0.780. The second-order valence-electron chi connectivity index (χ2n) is 3.34. The maximum atomic E-state index is 11.8. The van der Waals surface area contributed by atoms with Crippen LogP contribution in [0.25, 0.3) is 0 Å². The molecule has 0 aromatic heterocycles. The first-order chi connectivity index (χ1) is 7.60. The smallest absolute Gasteiger partial charge is 0.260 e. The Kier molecular flexibility index (Phi) is 4.05. The van der Waals surface area contributed by atoms with Crippen LogP contribution in [0.5, 0.6) is 5.75 Å². The zero-order chi connectivity index (χ0) is 12.1. The summed E-state index contributed by atoms with van der Waals surface area (Å²) in [7, 11) is 3.04. The van der Waals surface area contributed by atoms with E-state index in [9.17, 15) is 9.59 Å². The van der Waals surface area contributed by atoms with E-state index in [0.29, 0.717) is 17.7 Å². The van der Waals surface area contributed by atoms with Gasteiger partial charge in [-0.1, -0.05) is 6.92 Å². The third-order valence-corrected chi connectivity index (χ3v) is 2.32. The molecule has 1 aromatic carbocycles. The number of nitrogens with zero attached hydrogens (tertiary/aromatic N) is 1. The van der Waals surface area contributed by atoms with Gasteiger partial charge in [-0.2, -0.15) is 0 Å². The van der Waals surface area contributed by atoms with Crippen LogP contribution in [-0.2, 0) is 4.79 Å². The molecule has 2 amide bonds. The minimum Gasteiger partial charge on any atom is -0.497 e. The lowest BCUT2D eigenvalue weighted by atomic mass is 10.2. The molecule has 0 radical (unpaired) electrons. The van der Waals surface area contributed by atoms with E-state index >= 15 is 0 Å². The van der Waals surface area contributed by atoms with Gasteiger partial charge in [-0.15, -0.1) is 0 Å². The van der Waals surface area contributed by atoms with Crippen molar-refractivity contribution in [3.8, 4) is 5.75 Å². The second kappa shape index (κ2) is 5.30. The molecular weight excluding hydrogens is 206 g/mol. The van der Waals surface area contributed by atoms with Crippen LogP contribution in [0.1, 0.15) is 23.7 Å². The standard InChI is InChI=1S/C12H15NO3/c1-4-11(14)13(2)12(15)9-5-7-10(16-3)8-6-9/h5-8H,4H2,1-3H3. The first-order valence-electron chi connectivity index (χ1n) is 5.05. The number of rotatable bonds is 3. The van der Waals surface area contributed by atoms with Gasteiger partial charge < -0.3 is 4.74 Å². The van der Waals surface area contributed by atoms with Crippen molar-refractivity contribution in [2.24, 2.45) is 0 Å². The zero-order valence-electron chi connectivity index (χ0n) is 9.69. The van der Waals surface area contributed by atoms with E-state index in [2.05, 4.69) is 0 Å². The third-order valence-electron chi connectivity index (χ3n) is 2.32. The molecule has 0 unspecified atom stereocenters. The van der Waals surface area contributed by atoms with Gasteiger partial charge in [0.1, 0.15) is 5.75 Å². The fourth-order valence-corrected chi connectivity index (χ4v) is 1.28. The van der Waals surface area contributed by atoms with Crippen molar-refractivity contribution in [1.29, 1.82) is 0 Å². The topological polar surface area (TPSA) is 46.6 Å². The number of carbonyl (C=O) groups excluding carboxylic acids is 2. The lowest BCUT2D eigenvalue weighted by Gasteiger charge is -2.14. The molecule has 1 rings (SSSR count). The summed E-state index contributed by atoms with van der Waals surface area (Å²) >= 11 is 0. The summed E-state index contributed by atoms with van der Waals surface area (Å²) in [6, 6.07) is 6.66. The van der Waals surface area contributed by atoms with Crippen LogP contribution in [0.4, 0.5) is 0 Å². The summed E-state index contributed by atoms with van der Waals surface area (Å²) in [5.74, 6) is 0.191. The molecule has 0 spiro atoms. The van der Waals surface area contributed by atoms with E-state index in [1.54, 1.807) is 38.3 Å². The molecule has 1 aromatic rings. The maximum Gasteiger partial charge on any atom is 0.260 e. The van der Waals surface area contributed by atoms with Crippen LogP contribution in [-0.4, -0.2) is 30.9 Å². The Labute approximate surface area is 94.8 Å². The molecule has 0 heterocycles. The van der Waals surface area contributed by atoms with Gasteiger partial charge in [0.05, 0.1) is 7.11 Å². The fourth-order valence-electron chi connectivity index (χ4n) is 1.28. The van der Waals surface area contributed by atoms with Crippen LogP contribution in [0.15, 0.2) is 24.3 Å². The first-order valence-corrected chi connectivity index (χ1v) is 5.05. The Morgan fingerprint density at radius 1 is 1.25 bits per heavy atom. The Morgan fingerprint density at radius 2 is 1.81 bits per heavy atom. The molecule has 0 N–H and O–H groups in total. The van der Waals surface area contributed by atoms with E-state index in [1.165, 1.54) is 7.05 Å². The summed E-state index contributed by atoms with van der Waals surface area (Å²) in [5.41, 5.74) is 0.477. The molecule has 86 valence electrons. The number of methoxy groups -OCH3 is 1. The number of hydrogen-bond donors (Lipinski definition) is 0. The molecule has 4 nitrogen and oxygen atoms in total. The zero-order valence-corrected chi connectivity index (χ0v) is 9.69. The van der Waals surface area contributed by atoms with Crippen molar-refractivity contribution in [1.82, 2.24) is 4.90 Å². The Balaban J connectivity index is 2.84. The highest BCUT2D eigenvalue weighted by atomic mass is 16.5. The van der Waals surface area contributed by atoms with Crippen molar-refractivity contribution in [2.45, 2.75) is 13.3 Å². The fraction of sp³-hybridized carbons (Fsp3) is 0.333. The molecule has 0 bridgehead atoms. The van der Waals surface area contributed by atoms with Gasteiger partial charge in [0.25, 0.3) is 5.91 Å². The van der Waals surface area contributed by atoms with E-state index in [4.69, 9.17) is 4.74 Å². The van der Waals surface area contributed by atoms with Crippen LogP contribution in [0.3, 0.4) is 0 Å². The normalized spacial score (nSPS) is 9.69. The van der Waals surface area contributed by atoms with Crippen LogP contribution < -0.4 is 4.74 Å². The van der Waals surface area contributed by atoms with Gasteiger partial charge in [-0.05, 0) is 24.3 Å². The molecule has 0 atom stereocenters. The van der Waals surface area contributed by atoms with Gasteiger partial charge in [-0.25, -0.2) is 0 Å². The minimum absolute atomic E-state index is 0.194. The summed E-state index contributed by atoms with van der Waals surface area (Å²) in [5, 5.41) is 0. The van der Waals surface area contributed by atoms with Gasteiger partial charge in [0, 0.05) is 19.0 Å². The Hall–Kier alpha value is -1.84. The van der Waals surface area contributed by atoms with Gasteiger partial charge >= 0.3 is 0 Å². The molecule has 0 aliphatic carbocycles. The number of benzene rings is 1. The maximum absolute atomic E-state index is 11.8. The van der Waals surface area contributed by atoms with E-state index in [1.807, 2.05) is 0 Å². The average Bonchev–Trinajstić information content (AvgIpc) is 2.36. The molecule has 0 saturated carbocycles. The van der Waals surface area contributed by atoms with Gasteiger partial charge in [0.15, 0.2) is 0 Å². The molecule has 0 saturated heterocycles. The lowest BCUT2D eigenvalue weighted by molar-refractivity contribution is -0.127. The second-order valence-corrected chi connectivity index (χ2v) is 3.34. The van der Waals surface area contributed by atoms with Crippen molar-refractivity contribution in [3.63, 3.8) is 0 Å². The first kappa shape index (κ1) is 12.2. The SMILES string of the molecule is CCC(=O)N(C)C(=O)c1ccc(OC)cc1.